The van der Waals surface area contributed by atoms with Crippen LogP contribution in [0.5, 0.6) is 5.88 Å². The van der Waals surface area contributed by atoms with Gasteiger partial charge < -0.3 is 15.0 Å². The molecule has 7 nitrogen and oxygen atoms in total. The van der Waals surface area contributed by atoms with E-state index < -0.39 is 17.4 Å². The third-order valence-corrected chi connectivity index (χ3v) is 7.00. The number of aromatic nitrogens is 1. The Morgan fingerprint density at radius 1 is 1.11 bits per heavy atom. The summed E-state index contributed by atoms with van der Waals surface area (Å²) in [5.41, 5.74) is -0.0943. The second kappa shape index (κ2) is 12.1. The molecule has 2 aromatic rings. The van der Waals surface area contributed by atoms with Crippen LogP contribution in [0.2, 0.25) is 0 Å². The van der Waals surface area contributed by atoms with Crippen molar-refractivity contribution in [3.63, 3.8) is 0 Å². The summed E-state index contributed by atoms with van der Waals surface area (Å²) in [5.74, 6) is -1.13. The molecule has 2 N–H and O–H groups in total. The van der Waals surface area contributed by atoms with E-state index in [-0.39, 0.29) is 17.4 Å². The van der Waals surface area contributed by atoms with Gasteiger partial charge >= 0.3 is 0 Å². The minimum atomic E-state index is -1.18. The zero-order valence-electron chi connectivity index (χ0n) is 21.6. The van der Waals surface area contributed by atoms with Gasteiger partial charge in [-0.25, -0.2) is 13.8 Å². The number of alkyl halides is 1. The fourth-order valence-corrected chi connectivity index (χ4v) is 4.93. The molecule has 2 fully saturated rings. The molecule has 37 heavy (non-hydrogen) atoms. The number of nitrogens with one attached hydrogen (secondary N) is 2. The lowest BCUT2D eigenvalue weighted by Crippen LogP contribution is -2.41. The molecule has 0 bridgehead atoms. The Hall–Kier alpha value is -2.91. The number of likely N-dealkylation sites (tertiary alicyclic amines) is 1. The van der Waals surface area contributed by atoms with Crippen LogP contribution in [0, 0.1) is 17.7 Å². The number of rotatable bonds is 8. The van der Waals surface area contributed by atoms with Crippen molar-refractivity contribution in [1.29, 1.82) is 0 Å². The molecule has 3 heterocycles. The van der Waals surface area contributed by atoms with Gasteiger partial charge in [-0.2, -0.15) is 0 Å². The first-order valence-corrected chi connectivity index (χ1v) is 13.0. The molecule has 2 aliphatic rings. The highest BCUT2D eigenvalue weighted by atomic mass is 19.1. The van der Waals surface area contributed by atoms with E-state index in [9.17, 15) is 18.4 Å². The number of nitrogens with zero attached hydrogens (tertiary/aromatic N) is 2. The molecule has 2 aliphatic heterocycles. The van der Waals surface area contributed by atoms with Gasteiger partial charge in [-0.15, -0.1) is 0 Å². The molecule has 0 atom stereocenters. The maximum Gasteiger partial charge on any atom is 0.260 e. The molecule has 200 valence electrons. The van der Waals surface area contributed by atoms with Gasteiger partial charge in [-0.05, 0) is 95.4 Å². The van der Waals surface area contributed by atoms with Crippen molar-refractivity contribution in [2.75, 3.05) is 39.3 Å². The Kier molecular flexibility index (Phi) is 8.87. The van der Waals surface area contributed by atoms with Crippen LogP contribution in [0.4, 0.5) is 8.78 Å². The highest BCUT2D eigenvalue weighted by molar-refractivity contribution is 6.05. The predicted molar refractivity (Wildman–Crippen MR) is 138 cm³/mol. The molecule has 2 saturated heterocycles. The van der Waals surface area contributed by atoms with Crippen molar-refractivity contribution in [3.05, 3.63) is 47.9 Å². The number of pyridine rings is 1. The van der Waals surface area contributed by atoms with E-state index in [1.165, 1.54) is 12.1 Å². The van der Waals surface area contributed by atoms with Crippen LogP contribution >= 0.6 is 0 Å². The molecular formula is C28H36F2N4O3. The van der Waals surface area contributed by atoms with Gasteiger partial charge in [0.15, 0.2) is 0 Å². The SMILES string of the molecule is CC(C)(F)CN1CCC(COc2ccc(-c3ccc(C(=O)NC(=O)C4CCNCC4)c(F)c3)cn2)CC1. The summed E-state index contributed by atoms with van der Waals surface area (Å²) in [4.78, 5) is 31.3. The molecular weight excluding hydrogens is 478 g/mol. The molecule has 0 unspecified atom stereocenters. The smallest absolute Gasteiger partial charge is 0.260 e. The van der Waals surface area contributed by atoms with Gasteiger partial charge in [-0.3, -0.25) is 14.9 Å². The molecule has 0 radical (unpaired) electrons. The Bertz CT molecular complexity index is 1070. The maximum atomic E-state index is 14.8. The summed E-state index contributed by atoms with van der Waals surface area (Å²) in [6, 6.07) is 7.83. The van der Waals surface area contributed by atoms with Gasteiger partial charge in [0.1, 0.15) is 11.5 Å². The van der Waals surface area contributed by atoms with Gasteiger partial charge in [-0.1, -0.05) is 6.07 Å². The van der Waals surface area contributed by atoms with E-state index in [1.807, 2.05) is 0 Å². The summed E-state index contributed by atoms with van der Waals surface area (Å²) in [7, 11) is 0. The fraction of sp³-hybridized carbons (Fsp3) is 0.536. The van der Waals surface area contributed by atoms with E-state index >= 15 is 0 Å². The number of benzene rings is 1. The van der Waals surface area contributed by atoms with Gasteiger partial charge in [0.2, 0.25) is 11.8 Å². The average molecular weight is 515 g/mol. The molecule has 0 aliphatic carbocycles. The molecule has 0 saturated carbocycles. The number of hydrogen-bond donors (Lipinski definition) is 2. The Balaban J connectivity index is 1.28. The Morgan fingerprint density at radius 2 is 1.81 bits per heavy atom. The zero-order chi connectivity index (χ0) is 26.4. The maximum absolute atomic E-state index is 14.8. The van der Waals surface area contributed by atoms with Crippen molar-refractivity contribution in [1.82, 2.24) is 20.5 Å². The molecule has 1 aromatic carbocycles. The van der Waals surface area contributed by atoms with Crippen LogP contribution in [-0.2, 0) is 4.79 Å². The summed E-state index contributed by atoms with van der Waals surface area (Å²) in [6.45, 7) is 7.39. The number of hydrogen-bond acceptors (Lipinski definition) is 6. The van der Waals surface area contributed by atoms with E-state index in [0.29, 0.717) is 48.9 Å². The lowest BCUT2D eigenvalue weighted by Gasteiger charge is -2.34. The topological polar surface area (TPSA) is 83.6 Å². The first-order chi connectivity index (χ1) is 17.7. The first-order valence-electron chi connectivity index (χ1n) is 13.0. The van der Waals surface area contributed by atoms with Gasteiger partial charge in [0.05, 0.1) is 12.2 Å². The monoisotopic (exact) mass is 514 g/mol. The molecule has 2 amide bonds. The number of carbonyl (C=O) groups excluding carboxylic acids is 2. The fourth-order valence-electron chi connectivity index (χ4n) is 4.93. The van der Waals surface area contributed by atoms with Crippen molar-refractivity contribution in [2.45, 2.75) is 45.2 Å². The summed E-state index contributed by atoms with van der Waals surface area (Å²) in [6.07, 6.45) is 4.83. The number of amides is 2. The zero-order valence-corrected chi connectivity index (χ0v) is 21.6. The van der Waals surface area contributed by atoms with Crippen molar-refractivity contribution in [3.8, 4) is 17.0 Å². The number of carbonyl (C=O) groups is 2. The van der Waals surface area contributed by atoms with E-state index in [4.69, 9.17) is 4.74 Å². The average Bonchev–Trinajstić information content (AvgIpc) is 2.88. The second-order valence-electron chi connectivity index (χ2n) is 10.7. The largest absolute Gasteiger partial charge is 0.477 e. The van der Waals surface area contributed by atoms with Crippen molar-refractivity contribution < 1.29 is 23.1 Å². The lowest BCUT2D eigenvalue weighted by molar-refractivity contribution is -0.124. The third kappa shape index (κ3) is 7.79. The number of halogens is 2. The van der Waals surface area contributed by atoms with Crippen LogP contribution in [-0.4, -0.2) is 66.7 Å². The van der Waals surface area contributed by atoms with Crippen LogP contribution in [0.1, 0.15) is 49.9 Å². The lowest BCUT2D eigenvalue weighted by atomic mass is 9.97. The van der Waals surface area contributed by atoms with E-state index in [1.54, 1.807) is 38.2 Å². The minimum absolute atomic E-state index is 0.167. The van der Waals surface area contributed by atoms with Crippen LogP contribution in [0.15, 0.2) is 36.5 Å². The van der Waals surface area contributed by atoms with Gasteiger partial charge in [0.25, 0.3) is 5.91 Å². The number of piperidine rings is 2. The van der Waals surface area contributed by atoms with E-state index in [0.717, 1.165) is 39.0 Å². The molecule has 1 aromatic heterocycles. The predicted octanol–water partition coefficient (Wildman–Crippen LogP) is 3.98. The Morgan fingerprint density at radius 3 is 2.43 bits per heavy atom. The van der Waals surface area contributed by atoms with Crippen LogP contribution < -0.4 is 15.4 Å². The quantitative estimate of drug-likeness (QED) is 0.519. The van der Waals surface area contributed by atoms with E-state index in [2.05, 4.69) is 20.5 Å². The summed E-state index contributed by atoms with van der Waals surface area (Å²) in [5, 5.41) is 5.50. The highest BCUT2D eigenvalue weighted by Crippen LogP contribution is 2.25. The molecule has 4 rings (SSSR count). The number of ether oxygens (including phenoxy) is 1. The van der Waals surface area contributed by atoms with Crippen LogP contribution in [0.25, 0.3) is 11.1 Å². The second-order valence-corrected chi connectivity index (χ2v) is 10.7. The Labute approximate surface area is 217 Å². The minimum Gasteiger partial charge on any atom is -0.477 e. The standard InChI is InChI=1S/C28H36F2N4O3/c1-28(2,30)18-34-13-9-19(10-14-34)17-37-25-6-4-22(16-32-25)21-3-5-23(24(29)15-21)27(36)33-26(35)20-7-11-31-12-8-20/h3-6,15-16,19-20,31H,7-14,17-18H2,1-2H3,(H,33,35,36). The van der Waals surface area contributed by atoms with Crippen molar-refractivity contribution >= 4 is 11.8 Å². The van der Waals surface area contributed by atoms with Crippen molar-refractivity contribution in [2.24, 2.45) is 11.8 Å². The normalized spacial score (nSPS) is 17.9. The molecule has 9 heteroatoms. The van der Waals surface area contributed by atoms with Gasteiger partial charge in [0, 0.05) is 30.3 Å². The summed E-state index contributed by atoms with van der Waals surface area (Å²) >= 11 is 0. The number of imide groups is 1. The first kappa shape index (κ1) is 27.1. The summed E-state index contributed by atoms with van der Waals surface area (Å²) < 4.78 is 34.5. The molecule has 0 spiro atoms. The van der Waals surface area contributed by atoms with Crippen LogP contribution in [0.3, 0.4) is 0 Å². The third-order valence-electron chi connectivity index (χ3n) is 7.00. The highest BCUT2D eigenvalue weighted by Gasteiger charge is 2.26.